The van der Waals surface area contributed by atoms with E-state index in [1.54, 1.807) is 0 Å². The van der Waals surface area contributed by atoms with Crippen LogP contribution in [0.2, 0.25) is 0 Å². The summed E-state index contributed by atoms with van der Waals surface area (Å²) in [4.78, 5) is 12.6. The van der Waals surface area contributed by atoms with E-state index < -0.39 is 18.3 Å². The first-order valence-corrected chi connectivity index (χ1v) is 13.4. The predicted molar refractivity (Wildman–Crippen MR) is 128 cm³/mol. The minimum atomic E-state index is -4.57. The highest BCUT2D eigenvalue weighted by atomic mass is 19.3. The average Bonchev–Trinajstić information content (AvgIpc) is 2.85. The Labute approximate surface area is 206 Å². The molecule has 2 saturated carbocycles. The normalized spacial score (nSPS) is 25.4. The summed E-state index contributed by atoms with van der Waals surface area (Å²) in [6.45, 7) is 2.25. The van der Waals surface area contributed by atoms with E-state index in [1.807, 2.05) is 0 Å². The number of rotatable bonds is 12. The van der Waals surface area contributed by atoms with Gasteiger partial charge in [0.25, 0.3) is 0 Å². The topological polar surface area (TPSA) is 35.5 Å². The van der Waals surface area contributed by atoms with Gasteiger partial charge in [-0.25, -0.2) is 0 Å². The highest BCUT2D eigenvalue weighted by Crippen LogP contribution is 2.42. The molecule has 3 nitrogen and oxygen atoms in total. The molecule has 0 aliphatic heterocycles. The first-order valence-electron chi connectivity index (χ1n) is 13.4. The fourth-order valence-electron chi connectivity index (χ4n) is 5.79. The summed E-state index contributed by atoms with van der Waals surface area (Å²) >= 11 is 0. The quantitative estimate of drug-likeness (QED) is 0.124. The van der Waals surface area contributed by atoms with Crippen molar-refractivity contribution in [1.29, 1.82) is 0 Å². The Kier molecular flexibility index (Phi) is 10.7. The molecule has 0 heterocycles. The average molecular weight is 501 g/mol. The van der Waals surface area contributed by atoms with Crippen molar-refractivity contribution in [2.45, 2.75) is 109 Å². The maximum absolute atomic E-state index is 13.0. The number of hydrogen-bond acceptors (Lipinski definition) is 3. The minimum absolute atomic E-state index is 0.162. The molecule has 0 N–H and O–H groups in total. The minimum Gasteiger partial charge on any atom is -0.428 e. The van der Waals surface area contributed by atoms with Crippen LogP contribution in [0.1, 0.15) is 96.8 Å². The SMILES string of the molecule is CCCCCCC[C@H]1CC[C@H]([C@H]2CC[C@H](C(=O)Oc3ccc(OC(F)(F)C(F)F)cc3)CC2)CC1. The molecule has 0 radical (unpaired) electrons. The Morgan fingerprint density at radius 3 is 1.97 bits per heavy atom. The zero-order valence-electron chi connectivity index (χ0n) is 20.8. The van der Waals surface area contributed by atoms with Crippen molar-refractivity contribution in [2.75, 3.05) is 0 Å². The zero-order chi connectivity index (χ0) is 25.3. The summed E-state index contributed by atoms with van der Waals surface area (Å²) < 4.78 is 59.9. The van der Waals surface area contributed by atoms with Crippen LogP contribution in [0.3, 0.4) is 0 Å². The van der Waals surface area contributed by atoms with Crippen LogP contribution in [0.25, 0.3) is 0 Å². The Balaban J connectivity index is 1.35. The molecule has 198 valence electrons. The lowest BCUT2D eigenvalue weighted by Gasteiger charge is -2.37. The number of carbonyl (C=O) groups is 1. The second-order valence-electron chi connectivity index (χ2n) is 10.5. The lowest BCUT2D eigenvalue weighted by Crippen LogP contribution is -2.33. The van der Waals surface area contributed by atoms with E-state index in [0.29, 0.717) is 5.92 Å². The van der Waals surface area contributed by atoms with Crippen LogP contribution in [0.15, 0.2) is 24.3 Å². The van der Waals surface area contributed by atoms with Gasteiger partial charge >= 0.3 is 18.5 Å². The van der Waals surface area contributed by atoms with Crippen molar-refractivity contribution in [3.05, 3.63) is 24.3 Å². The van der Waals surface area contributed by atoms with E-state index in [0.717, 1.165) is 49.7 Å². The third-order valence-corrected chi connectivity index (χ3v) is 7.93. The van der Waals surface area contributed by atoms with Gasteiger partial charge in [0.05, 0.1) is 5.92 Å². The standard InChI is InChI=1S/C28H40F4O3/c1-2-3-4-5-6-7-20-8-10-21(11-9-20)22-12-14-23(15-13-22)26(33)34-24-16-18-25(19-17-24)35-28(31,32)27(29)30/h16-23,27H,2-15H2,1H3/t20-,21-,22-,23-. The Morgan fingerprint density at radius 1 is 0.857 bits per heavy atom. The van der Waals surface area contributed by atoms with Crippen LogP contribution >= 0.6 is 0 Å². The third kappa shape index (κ3) is 8.68. The van der Waals surface area contributed by atoms with E-state index in [9.17, 15) is 22.4 Å². The summed E-state index contributed by atoms with van der Waals surface area (Å²) in [7, 11) is 0. The smallest absolute Gasteiger partial charge is 0.428 e. The Bertz CT molecular complexity index is 752. The van der Waals surface area contributed by atoms with Crippen LogP contribution in [0.4, 0.5) is 17.6 Å². The Morgan fingerprint density at radius 2 is 1.40 bits per heavy atom. The lowest BCUT2D eigenvalue weighted by molar-refractivity contribution is -0.253. The molecule has 1 aromatic rings. The summed E-state index contributed by atoms with van der Waals surface area (Å²) in [5.41, 5.74) is 0. The Hall–Kier alpha value is -1.79. The van der Waals surface area contributed by atoms with E-state index in [-0.39, 0.29) is 17.6 Å². The summed E-state index contributed by atoms with van der Waals surface area (Å²) in [5.74, 6) is 1.67. The molecule has 0 atom stereocenters. The van der Waals surface area contributed by atoms with E-state index in [1.165, 1.54) is 76.3 Å². The number of carbonyl (C=O) groups excluding carboxylic acids is 1. The van der Waals surface area contributed by atoms with Crippen molar-refractivity contribution >= 4 is 5.97 Å². The van der Waals surface area contributed by atoms with Gasteiger partial charge in [-0.05, 0) is 80.5 Å². The van der Waals surface area contributed by atoms with Crippen molar-refractivity contribution < 1.29 is 31.8 Å². The van der Waals surface area contributed by atoms with Crippen molar-refractivity contribution in [1.82, 2.24) is 0 Å². The molecule has 2 aliphatic carbocycles. The van der Waals surface area contributed by atoms with Crippen LogP contribution in [-0.4, -0.2) is 18.5 Å². The monoisotopic (exact) mass is 500 g/mol. The van der Waals surface area contributed by atoms with Crippen molar-refractivity contribution in [3.63, 3.8) is 0 Å². The van der Waals surface area contributed by atoms with Crippen LogP contribution in [0.5, 0.6) is 11.5 Å². The van der Waals surface area contributed by atoms with Gasteiger partial charge in [-0.1, -0.05) is 58.3 Å². The number of ether oxygens (including phenoxy) is 2. The fourth-order valence-corrected chi connectivity index (χ4v) is 5.79. The maximum Gasteiger partial charge on any atom is 0.461 e. The third-order valence-electron chi connectivity index (χ3n) is 7.93. The van der Waals surface area contributed by atoms with Gasteiger partial charge in [-0.15, -0.1) is 0 Å². The summed E-state index contributed by atoms with van der Waals surface area (Å²) in [5, 5.41) is 0. The van der Waals surface area contributed by atoms with E-state index in [2.05, 4.69) is 11.7 Å². The summed E-state index contributed by atoms with van der Waals surface area (Å²) in [6, 6.07) is 4.75. The number of hydrogen-bond donors (Lipinski definition) is 0. The number of esters is 1. The van der Waals surface area contributed by atoms with Crippen LogP contribution in [-0.2, 0) is 4.79 Å². The van der Waals surface area contributed by atoms with Gasteiger partial charge in [0.2, 0.25) is 0 Å². The zero-order valence-corrected chi connectivity index (χ0v) is 20.8. The molecular weight excluding hydrogens is 460 g/mol. The number of alkyl halides is 4. The molecule has 2 fully saturated rings. The van der Waals surface area contributed by atoms with Gasteiger partial charge in [0.1, 0.15) is 11.5 Å². The molecule has 0 amide bonds. The second kappa shape index (κ2) is 13.5. The lowest BCUT2D eigenvalue weighted by atomic mass is 9.68. The molecule has 0 aromatic heterocycles. The highest BCUT2D eigenvalue weighted by molar-refractivity contribution is 5.75. The molecule has 7 heteroatoms. The van der Waals surface area contributed by atoms with Gasteiger partial charge in [0.15, 0.2) is 0 Å². The molecule has 0 saturated heterocycles. The first kappa shape index (κ1) is 27.8. The van der Waals surface area contributed by atoms with E-state index in [4.69, 9.17) is 4.74 Å². The van der Waals surface area contributed by atoms with E-state index >= 15 is 0 Å². The van der Waals surface area contributed by atoms with Gasteiger partial charge < -0.3 is 9.47 Å². The number of benzene rings is 1. The number of halogens is 4. The number of unbranched alkanes of at least 4 members (excludes halogenated alkanes) is 4. The summed E-state index contributed by atoms with van der Waals surface area (Å²) in [6.07, 6.45) is 8.71. The molecule has 1 aromatic carbocycles. The van der Waals surface area contributed by atoms with Gasteiger partial charge in [-0.2, -0.15) is 17.6 Å². The largest absolute Gasteiger partial charge is 0.461 e. The fraction of sp³-hybridized carbons (Fsp3) is 0.750. The molecule has 2 aliphatic rings. The molecule has 0 bridgehead atoms. The molecule has 0 unspecified atom stereocenters. The first-order chi connectivity index (χ1) is 16.8. The highest BCUT2D eigenvalue weighted by Gasteiger charge is 2.44. The molecule has 3 rings (SSSR count). The predicted octanol–water partition coefficient (Wildman–Crippen LogP) is 8.80. The van der Waals surface area contributed by atoms with Crippen molar-refractivity contribution in [3.8, 4) is 11.5 Å². The van der Waals surface area contributed by atoms with Gasteiger partial charge in [0, 0.05) is 0 Å². The van der Waals surface area contributed by atoms with Crippen LogP contribution in [0, 0.1) is 23.7 Å². The second-order valence-corrected chi connectivity index (χ2v) is 10.5. The van der Waals surface area contributed by atoms with Crippen LogP contribution < -0.4 is 9.47 Å². The van der Waals surface area contributed by atoms with Crippen molar-refractivity contribution in [2.24, 2.45) is 23.7 Å². The molecule has 35 heavy (non-hydrogen) atoms. The maximum atomic E-state index is 13.0. The molecular formula is C28H40F4O3. The molecule has 0 spiro atoms. The van der Waals surface area contributed by atoms with Gasteiger partial charge in [-0.3, -0.25) is 4.79 Å².